The Bertz CT molecular complexity index is 1330. The maximum atomic E-state index is 14.0. The average Bonchev–Trinajstić information content (AvgIpc) is 3.20. The Morgan fingerprint density at radius 3 is 2.00 bits per heavy atom. The van der Waals surface area contributed by atoms with Crippen molar-refractivity contribution in [3.8, 4) is 17.6 Å². The zero-order valence-corrected chi connectivity index (χ0v) is 19.5. The minimum atomic E-state index is -0.340. The van der Waals surface area contributed by atoms with Crippen LogP contribution in [0.4, 0.5) is 10.5 Å². The summed E-state index contributed by atoms with van der Waals surface area (Å²) in [6.07, 6.45) is 0. The summed E-state index contributed by atoms with van der Waals surface area (Å²) in [5.74, 6) is 7.53. The third-order valence-electron chi connectivity index (χ3n) is 6.19. The number of rotatable bonds is 5. The molecule has 4 aromatic carbocycles. The number of amides is 2. The fourth-order valence-corrected chi connectivity index (χ4v) is 4.47. The summed E-state index contributed by atoms with van der Waals surface area (Å²) in [5, 5.41) is 0. The standard InChI is InChI=1S/C31H26N2O2/c1-35-28-20-18-27(19-21-28)33-30(26-15-9-4-10-16-26)29(22-17-24-11-5-2-6-12-24)32(31(33)34)23-25-13-7-3-8-14-25/h2-16,18-21,29-30H,23H2,1H3. The molecule has 0 bridgehead atoms. The van der Waals surface area contributed by atoms with Crippen molar-refractivity contribution < 1.29 is 9.53 Å². The summed E-state index contributed by atoms with van der Waals surface area (Å²) < 4.78 is 5.34. The van der Waals surface area contributed by atoms with E-state index in [1.807, 2.05) is 113 Å². The number of hydrogen-bond donors (Lipinski definition) is 0. The van der Waals surface area contributed by atoms with Crippen LogP contribution >= 0.6 is 0 Å². The lowest BCUT2D eigenvalue weighted by Gasteiger charge is -2.25. The molecule has 0 aliphatic carbocycles. The van der Waals surface area contributed by atoms with Crippen molar-refractivity contribution in [1.29, 1.82) is 0 Å². The lowest BCUT2D eigenvalue weighted by atomic mass is 9.98. The predicted octanol–water partition coefficient (Wildman–Crippen LogP) is 6.30. The number of carbonyl (C=O) groups is 1. The summed E-state index contributed by atoms with van der Waals surface area (Å²) in [6.45, 7) is 0.476. The quantitative estimate of drug-likeness (QED) is 0.329. The van der Waals surface area contributed by atoms with Gasteiger partial charge in [-0.15, -0.1) is 0 Å². The second kappa shape index (κ2) is 10.2. The van der Waals surface area contributed by atoms with Gasteiger partial charge in [-0.2, -0.15) is 0 Å². The Hall–Kier alpha value is -4.49. The summed E-state index contributed by atoms with van der Waals surface area (Å²) in [5.41, 5.74) is 3.84. The molecule has 1 heterocycles. The molecule has 2 amide bonds. The van der Waals surface area contributed by atoms with Gasteiger partial charge in [0.05, 0.1) is 13.2 Å². The van der Waals surface area contributed by atoms with Gasteiger partial charge in [-0.1, -0.05) is 90.7 Å². The molecular weight excluding hydrogens is 432 g/mol. The lowest BCUT2D eigenvalue weighted by molar-refractivity contribution is 0.210. The average molecular weight is 459 g/mol. The number of carbonyl (C=O) groups excluding carboxylic acids is 1. The number of benzene rings is 4. The predicted molar refractivity (Wildman–Crippen MR) is 139 cm³/mol. The highest BCUT2D eigenvalue weighted by atomic mass is 16.5. The number of methoxy groups -OCH3 is 1. The van der Waals surface area contributed by atoms with Gasteiger partial charge < -0.3 is 9.64 Å². The van der Waals surface area contributed by atoms with E-state index in [9.17, 15) is 4.79 Å². The SMILES string of the molecule is COc1ccc(N2C(=O)N(Cc3ccccc3)C(C#Cc3ccccc3)C2c2ccccc2)cc1. The van der Waals surface area contributed by atoms with E-state index in [0.29, 0.717) is 6.54 Å². The molecule has 1 aliphatic rings. The first kappa shape index (κ1) is 22.3. The zero-order valence-electron chi connectivity index (χ0n) is 19.5. The monoisotopic (exact) mass is 458 g/mol. The fourth-order valence-electron chi connectivity index (χ4n) is 4.47. The smallest absolute Gasteiger partial charge is 0.326 e. The van der Waals surface area contributed by atoms with Crippen LogP contribution in [0.2, 0.25) is 0 Å². The molecule has 35 heavy (non-hydrogen) atoms. The fraction of sp³-hybridized carbons (Fsp3) is 0.129. The van der Waals surface area contributed by atoms with Gasteiger partial charge in [-0.3, -0.25) is 4.90 Å². The van der Waals surface area contributed by atoms with Crippen LogP contribution in [-0.2, 0) is 6.54 Å². The summed E-state index contributed by atoms with van der Waals surface area (Å²) in [4.78, 5) is 17.8. The zero-order chi connectivity index (χ0) is 24.0. The molecule has 0 saturated carbocycles. The molecule has 0 aromatic heterocycles. The van der Waals surface area contributed by atoms with Crippen molar-refractivity contribution >= 4 is 11.7 Å². The number of anilines is 1. The molecule has 4 heteroatoms. The van der Waals surface area contributed by atoms with E-state index in [0.717, 1.165) is 28.1 Å². The molecule has 5 rings (SSSR count). The van der Waals surface area contributed by atoms with Gasteiger partial charge >= 0.3 is 6.03 Å². The van der Waals surface area contributed by atoms with Gasteiger partial charge in [0.15, 0.2) is 0 Å². The van der Waals surface area contributed by atoms with Gasteiger partial charge in [-0.25, -0.2) is 4.79 Å². The summed E-state index contributed by atoms with van der Waals surface area (Å²) in [6, 6.07) is 37.1. The highest BCUT2D eigenvalue weighted by Gasteiger charge is 2.46. The van der Waals surface area contributed by atoms with E-state index < -0.39 is 0 Å². The molecule has 1 aliphatic heterocycles. The normalized spacial score (nSPS) is 17.1. The van der Waals surface area contributed by atoms with Gasteiger partial charge in [0, 0.05) is 17.8 Å². The maximum absolute atomic E-state index is 14.0. The second-order valence-corrected chi connectivity index (χ2v) is 8.40. The van der Waals surface area contributed by atoms with Crippen LogP contribution in [-0.4, -0.2) is 24.1 Å². The number of ether oxygens (including phenoxy) is 1. The molecule has 2 unspecified atom stereocenters. The highest BCUT2D eigenvalue weighted by molar-refractivity contribution is 5.96. The molecule has 172 valence electrons. The number of hydrogen-bond acceptors (Lipinski definition) is 2. The van der Waals surface area contributed by atoms with Crippen LogP contribution in [0.3, 0.4) is 0 Å². The minimum absolute atomic E-state index is 0.0692. The van der Waals surface area contributed by atoms with Crippen molar-refractivity contribution in [2.45, 2.75) is 18.6 Å². The van der Waals surface area contributed by atoms with Crippen molar-refractivity contribution in [3.05, 3.63) is 132 Å². The molecule has 0 N–H and O–H groups in total. The molecule has 4 nitrogen and oxygen atoms in total. The second-order valence-electron chi connectivity index (χ2n) is 8.40. The van der Waals surface area contributed by atoms with E-state index in [1.165, 1.54) is 0 Å². The van der Waals surface area contributed by atoms with Crippen LogP contribution < -0.4 is 9.64 Å². The van der Waals surface area contributed by atoms with E-state index in [1.54, 1.807) is 7.11 Å². The van der Waals surface area contributed by atoms with Crippen LogP contribution in [0, 0.1) is 11.8 Å². The minimum Gasteiger partial charge on any atom is -0.497 e. The van der Waals surface area contributed by atoms with Gasteiger partial charge in [0.2, 0.25) is 0 Å². The molecule has 2 atom stereocenters. The van der Waals surface area contributed by atoms with Gasteiger partial charge in [0.25, 0.3) is 0 Å². The van der Waals surface area contributed by atoms with E-state index in [2.05, 4.69) is 24.0 Å². The molecule has 1 fully saturated rings. The number of urea groups is 1. The molecular formula is C31H26N2O2. The Morgan fingerprint density at radius 1 is 0.771 bits per heavy atom. The van der Waals surface area contributed by atoms with E-state index in [-0.39, 0.29) is 18.1 Å². The number of nitrogens with zero attached hydrogens (tertiary/aromatic N) is 2. The molecule has 4 aromatic rings. The first-order chi connectivity index (χ1) is 17.2. The van der Waals surface area contributed by atoms with Crippen molar-refractivity contribution in [2.24, 2.45) is 0 Å². The van der Waals surface area contributed by atoms with Crippen LogP contribution in [0.5, 0.6) is 5.75 Å². The summed E-state index contributed by atoms with van der Waals surface area (Å²) in [7, 11) is 1.64. The molecule has 1 saturated heterocycles. The Balaban J connectivity index is 1.63. The van der Waals surface area contributed by atoms with Crippen LogP contribution in [0.25, 0.3) is 0 Å². The first-order valence-corrected chi connectivity index (χ1v) is 11.6. The van der Waals surface area contributed by atoms with E-state index >= 15 is 0 Å². The third kappa shape index (κ3) is 4.76. The lowest BCUT2D eigenvalue weighted by Crippen LogP contribution is -2.34. The van der Waals surface area contributed by atoms with Crippen LogP contribution in [0.15, 0.2) is 115 Å². The van der Waals surface area contributed by atoms with Crippen molar-refractivity contribution in [2.75, 3.05) is 12.0 Å². The van der Waals surface area contributed by atoms with Crippen LogP contribution in [0.1, 0.15) is 22.7 Å². The maximum Gasteiger partial charge on any atom is 0.326 e. The summed E-state index contributed by atoms with van der Waals surface area (Å²) >= 11 is 0. The van der Waals surface area contributed by atoms with Crippen molar-refractivity contribution in [3.63, 3.8) is 0 Å². The van der Waals surface area contributed by atoms with Gasteiger partial charge in [-0.05, 0) is 47.5 Å². The Labute approximate surface area is 206 Å². The molecule has 0 radical (unpaired) electrons. The first-order valence-electron chi connectivity index (χ1n) is 11.6. The third-order valence-corrected chi connectivity index (χ3v) is 6.19. The van der Waals surface area contributed by atoms with E-state index in [4.69, 9.17) is 4.74 Å². The highest BCUT2D eigenvalue weighted by Crippen LogP contribution is 2.40. The Kier molecular flexibility index (Phi) is 6.50. The Morgan fingerprint density at radius 2 is 1.37 bits per heavy atom. The van der Waals surface area contributed by atoms with Crippen molar-refractivity contribution in [1.82, 2.24) is 4.90 Å². The topological polar surface area (TPSA) is 32.8 Å². The van der Waals surface area contributed by atoms with Gasteiger partial charge in [0.1, 0.15) is 11.8 Å². The molecule has 0 spiro atoms. The largest absolute Gasteiger partial charge is 0.497 e.